The van der Waals surface area contributed by atoms with Crippen LogP contribution in [0.1, 0.15) is 5.56 Å². The monoisotopic (exact) mass is 264 g/mol. The van der Waals surface area contributed by atoms with Crippen LogP contribution in [0.2, 0.25) is 0 Å². The van der Waals surface area contributed by atoms with Gasteiger partial charge in [0, 0.05) is 28.9 Å². The molecule has 0 radical (unpaired) electrons. The van der Waals surface area contributed by atoms with E-state index >= 15 is 0 Å². The molecule has 3 aromatic rings. The van der Waals surface area contributed by atoms with E-state index in [0.29, 0.717) is 0 Å². The number of aromatic nitrogens is 1. The molecule has 3 nitrogen and oxygen atoms in total. The Labute approximate surface area is 118 Å². The molecule has 0 aliphatic carbocycles. The van der Waals surface area contributed by atoms with E-state index in [0.717, 1.165) is 28.1 Å². The molecule has 0 fully saturated rings. The molecule has 0 spiro atoms. The van der Waals surface area contributed by atoms with Crippen LogP contribution in [-0.4, -0.2) is 12.1 Å². The Morgan fingerprint density at radius 3 is 2.60 bits per heavy atom. The molecular formula is C17H16N2O. The highest BCUT2D eigenvalue weighted by molar-refractivity contribution is 5.97. The highest BCUT2D eigenvalue weighted by atomic mass is 16.5. The van der Waals surface area contributed by atoms with E-state index in [-0.39, 0.29) is 0 Å². The van der Waals surface area contributed by atoms with Crippen molar-refractivity contribution in [2.75, 3.05) is 12.4 Å². The van der Waals surface area contributed by atoms with Gasteiger partial charge in [-0.2, -0.15) is 0 Å². The van der Waals surface area contributed by atoms with Crippen LogP contribution in [0.3, 0.4) is 0 Å². The Morgan fingerprint density at radius 1 is 0.950 bits per heavy atom. The third kappa shape index (κ3) is 2.18. The molecule has 0 saturated carbocycles. The summed E-state index contributed by atoms with van der Waals surface area (Å²) < 4.78 is 5.38. The molecule has 0 amide bonds. The normalized spacial score (nSPS) is 10.5. The van der Waals surface area contributed by atoms with Crippen LogP contribution >= 0.6 is 0 Å². The van der Waals surface area contributed by atoms with E-state index in [4.69, 9.17) is 4.74 Å². The fraction of sp³-hybridized carbons (Fsp3) is 0.118. The number of nitrogens with one attached hydrogen (secondary N) is 1. The maximum absolute atomic E-state index is 5.38. The molecule has 0 saturated heterocycles. The van der Waals surface area contributed by atoms with Crippen LogP contribution in [0, 0.1) is 6.92 Å². The van der Waals surface area contributed by atoms with Gasteiger partial charge in [0.25, 0.3) is 0 Å². The zero-order chi connectivity index (χ0) is 13.9. The van der Waals surface area contributed by atoms with Crippen molar-refractivity contribution in [1.29, 1.82) is 0 Å². The number of rotatable bonds is 3. The van der Waals surface area contributed by atoms with Gasteiger partial charge < -0.3 is 10.1 Å². The van der Waals surface area contributed by atoms with Crippen molar-refractivity contribution < 1.29 is 4.74 Å². The van der Waals surface area contributed by atoms with Gasteiger partial charge in [-0.05, 0) is 30.7 Å². The van der Waals surface area contributed by atoms with Gasteiger partial charge in [0.15, 0.2) is 0 Å². The number of anilines is 2. The second kappa shape index (κ2) is 5.21. The molecule has 1 heterocycles. The minimum absolute atomic E-state index is 0.830. The Hall–Kier alpha value is -2.55. The number of para-hydroxylation sites is 2. The van der Waals surface area contributed by atoms with Crippen LogP contribution in [0.4, 0.5) is 11.4 Å². The average Bonchev–Trinajstić information content (AvgIpc) is 2.48. The molecule has 2 aromatic carbocycles. The molecule has 20 heavy (non-hydrogen) atoms. The summed E-state index contributed by atoms with van der Waals surface area (Å²) in [6.45, 7) is 2.07. The zero-order valence-corrected chi connectivity index (χ0v) is 11.6. The lowest BCUT2D eigenvalue weighted by atomic mass is 10.1. The van der Waals surface area contributed by atoms with Gasteiger partial charge >= 0.3 is 0 Å². The molecule has 1 aromatic heterocycles. The minimum Gasteiger partial charge on any atom is -0.495 e. The quantitative estimate of drug-likeness (QED) is 0.766. The van der Waals surface area contributed by atoms with E-state index in [9.17, 15) is 0 Å². The van der Waals surface area contributed by atoms with E-state index in [1.165, 1.54) is 5.39 Å². The molecule has 1 N–H and O–H groups in total. The Morgan fingerprint density at radius 2 is 1.75 bits per heavy atom. The topological polar surface area (TPSA) is 34.1 Å². The standard InChI is InChI=1S/C17H16N2O/c1-12-10-18-11-13-6-5-8-15(17(12)13)19-14-7-3-4-9-16(14)20-2/h3-11,19H,1-2H3. The van der Waals surface area contributed by atoms with Gasteiger partial charge in [-0.15, -0.1) is 0 Å². The molecule has 0 unspecified atom stereocenters. The molecule has 0 aliphatic heterocycles. The molecule has 3 rings (SSSR count). The summed E-state index contributed by atoms with van der Waals surface area (Å²) in [6.07, 6.45) is 3.77. The third-order valence-corrected chi connectivity index (χ3v) is 3.35. The number of fused-ring (bicyclic) bond motifs is 1. The van der Waals surface area contributed by atoms with Crippen molar-refractivity contribution in [3.63, 3.8) is 0 Å². The van der Waals surface area contributed by atoms with Crippen LogP contribution in [-0.2, 0) is 0 Å². The number of ether oxygens (including phenoxy) is 1. The highest BCUT2D eigenvalue weighted by Gasteiger charge is 2.07. The average molecular weight is 264 g/mol. The van der Waals surface area contributed by atoms with Crippen LogP contribution < -0.4 is 10.1 Å². The Kier molecular flexibility index (Phi) is 3.25. The van der Waals surface area contributed by atoms with E-state index < -0.39 is 0 Å². The third-order valence-electron chi connectivity index (χ3n) is 3.35. The molecule has 100 valence electrons. The van der Waals surface area contributed by atoms with Gasteiger partial charge in [-0.25, -0.2) is 0 Å². The van der Waals surface area contributed by atoms with E-state index in [1.54, 1.807) is 7.11 Å². The van der Waals surface area contributed by atoms with Crippen LogP contribution in [0.5, 0.6) is 5.75 Å². The number of nitrogens with zero attached hydrogens (tertiary/aromatic N) is 1. The SMILES string of the molecule is COc1ccccc1Nc1cccc2cncc(C)c12. The van der Waals surface area contributed by atoms with E-state index in [1.807, 2.05) is 42.7 Å². The minimum atomic E-state index is 0.830. The smallest absolute Gasteiger partial charge is 0.142 e. The molecule has 0 atom stereocenters. The number of methoxy groups -OCH3 is 1. The van der Waals surface area contributed by atoms with Gasteiger partial charge in [0.1, 0.15) is 5.75 Å². The van der Waals surface area contributed by atoms with Crippen LogP contribution in [0.15, 0.2) is 54.9 Å². The Balaban J connectivity index is 2.11. The van der Waals surface area contributed by atoms with Gasteiger partial charge in [-0.3, -0.25) is 4.98 Å². The summed E-state index contributed by atoms with van der Waals surface area (Å²) in [5.41, 5.74) is 3.17. The first kappa shape index (κ1) is 12.5. The number of hydrogen-bond acceptors (Lipinski definition) is 3. The van der Waals surface area contributed by atoms with Crippen molar-refractivity contribution in [1.82, 2.24) is 4.98 Å². The first-order chi connectivity index (χ1) is 9.79. The predicted molar refractivity (Wildman–Crippen MR) is 82.8 cm³/mol. The van der Waals surface area contributed by atoms with Crippen LogP contribution in [0.25, 0.3) is 10.8 Å². The molecular weight excluding hydrogens is 248 g/mol. The Bertz CT molecular complexity index is 748. The second-order valence-corrected chi connectivity index (χ2v) is 4.69. The lowest BCUT2D eigenvalue weighted by Gasteiger charge is -2.14. The van der Waals surface area contributed by atoms with Crippen molar-refractivity contribution in [2.45, 2.75) is 6.92 Å². The van der Waals surface area contributed by atoms with E-state index in [2.05, 4.69) is 29.4 Å². The number of aryl methyl sites for hydroxylation is 1. The maximum Gasteiger partial charge on any atom is 0.142 e. The second-order valence-electron chi connectivity index (χ2n) is 4.69. The molecule has 0 aliphatic rings. The summed E-state index contributed by atoms with van der Waals surface area (Å²) >= 11 is 0. The summed E-state index contributed by atoms with van der Waals surface area (Å²) in [5, 5.41) is 5.77. The summed E-state index contributed by atoms with van der Waals surface area (Å²) in [7, 11) is 1.68. The lowest BCUT2D eigenvalue weighted by molar-refractivity contribution is 0.417. The summed E-state index contributed by atoms with van der Waals surface area (Å²) in [6, 6.07) is 14.1. The largest absolute Gasteiger partial charge is 0.495 e. The fourth-order valence-corrected chi connectivity index (χ4v) is 2.41. The molecule has 0 bridgehead atoms. The predicted octanol–water partition coefficient (Wildman–Crippen LogP) is 4.30. The highest BCUT2D eigenvalue weighted by Crippen LogP contribution is 2.32. The van der Waals surface area contributed by atoms with Crippen molar-refractivity contribution in [3.8, 4) is 5.75 Å². The summed E-state index contributed by atoms with van der Waals surface area (Å²) in [4.78, 5) is 4.24. The first-order valence-corrected chi connectivity index (χ1v) is 6.53. The number of hydrogen-bond donors (Lipinski definition) is 1. The number of pyridine rings is 1. The zero-order valence-electron chi connectivity index (χ0n) is 11.6. The van der Waals surface area contributed by atoms with Gasteiger partial charge in [-0.1, -0.05) is 24.3 Å². The van der Waals surface area contributed by atoms with Crippen molar-refractivity contribution in [3.05, 3.63) is 60.4 Å². The fourth-order valence-electron chi connectivity index (χ4n) is 2.41. The van der Waals surface area contributed by atoms with Crippen molar-refractivity contribution >= 4 is 22.1 Å². The van der Waals surface area contributed by atoms with Gasteiger partial charge in [0.05, 0.1) is 12.8 Å². The van der Waals surface area contributed by atoms with Crippen molar-refractivity contribution in [2.24, 2.45) is 0 Å². The lowest BCUT2D eigenvalue weighted by Crippen LogP contribution is -1.96. The number of benzene rings is 2. The first-order valence-electron chi connectivity index (χ1n) is 6.53. The van der Waals surface area contributed by atoms with Gasteiger partial charge in [0.2, 0.25) is 0 Å². The summed E-state index contributed by atoms with van der Waals surface area (Å²) in [5.74, 6) is 0.830. The molecule has 3 heteroatoms. The maximum atomic E-state index is 5.38.